The summed E-state index contributed by atoms with van der Waals surface area (Å²) >= 11 is 1.72. The first-order valence-electron chi connectivity index (χ1n) is 10.5. The molecule has 0 bridgehead atoms. The Morgan fingerprint density at radius 2 is 1.61 bits per heavy atom. The Morgan fingerprint density at radius 1 is 0.903 bits per heavy atom. The molecule has 0 aromatic heterocycles. The van der Waals surface area contributed by atoms with Crippen LogP contribution < -0.4 is 0 Å². The van der Waals surface area contributed by atoms with Crippen LogP contribution in [0.15, 0.2) is 65.6 Å². The number of hydrogen-bond donors (Lipinski definition) is 0. The molecule has 0 radical (unpaired) electrons. The van der Waals surface area contributed by atoms with Crippen molar-refractivity contribution in [2.45, 2.75) is 42.5 Å². The van der Waals surface area contributed by atoms with Crippen LogP contribution in [0.3, 0.4) is 0 Å². The maximum atomic E-state index is 13.4. The van der Waals surface area contributed by atoms with Crippen LogP contribution in [0.2, 0.25) is 0 Å². The molecule has 3 aromatic carbocycles. The molecule has 1 aliphatic heterocycles. The number of ether oxygens (including phenoxy) is 2. The average Bonchev–Trinajstić information content (AvgIpc) is 3.32. The van der Waals surface area contributed by atoms with Gasteiger partial charge in [0.1, 0.15) is 6.10 Å². The van der Waals surface area contributed by atoms with E-state index in [9.17, 15) is 9.59 Å². The summed E-state index contributed by atoms with van der Waals surface area (Å²) in [6.45, 7) is 1.90. The molecular formula is C26H20O4S. The average molecular weight is 429 g/mol. The molecule has 0 saturated carbocycles. The van der Waals surface area contributed by atoms with Crippen molar-refractivity contribution in [1.82, 2.24) is 0 Å². The largest absolute Gasteiger partial charge is 0.346 e. The Balaban J connectivity index is 1.50. The molecule has 0 spiro atoms. The Labute approximate surface area is 184 Å². The van der Waals surface area contributed by atoms with Gasteiger partial charge in [-0.05, 0) is 41.8 Å². The van der Waals surface area contributed by atoms with E-state index < -0.39 is 0 Å². The van der Waals surface area contributed by atoms with E-state index in [1.807, 2.05) is 43.3 Å². The van der Waals surface area contributed by atoms with Gasteiger partial charge in [-0.25, -0.2) is 0 Å². The van der Waals surface area contributed by atoms with E-state index in [4.69, 9.17) is 9.47 Å². The van der Waals surface area contributed by atoms with Crippen LogP contribution in [0.1, 0.15) is 61.6 Å². The van der Waals surface area contributed by atoms with Gasteiger partial charge in [-0.3, -0.25) is 9.59 Å². The minimum Gasteiger partial charge on any atom is -0.346 e. The first kappa shape index (κ1) is 19.0. The molecule has 0 amide bonds. The number of rotatable bonds is 3. The second kappa shape index (κ2) is 7.16. The maximum absolute atomic E-state index is 13.4. The highest BCUT2D eigenvalue weighted by atomic mass is 32.2. The van der Waals surface area contributed by atoms with E-state index in [1.54, 1.807) is 23.9 Å². The Bertz CT molecular complexity index is 1230. The van der Waals surface area contributed by atoms with Gasteiger partial charge in [0.05, 0.1) is 6.10 Å². The lowest BCUT2D eigenvalue weighted by atomic mass is 9.79. The van der Waals surface area contributed by atoms with Gasteiger partial charge in [0.2, 0.25) is 0 Å². The van der Waals surface area contributed by atoms with E-state index in [2.05, 4.69) is 12.1 Å². The van der Waals surface area contributed by atoms with Crippen LogP contribution in [-0.4, -0.2) is 24.0 Å². The second-order valence-electron chi connectivity index (χ2n) is 8.16. The molecule has 0 N–H and O–H groups in total. The van der Waals surface area contributed by atoms with Crippen LogP contribution in [0, 0.1) is 0 Å². The molecular weight excluding hydrogens is 408 g/mol. The molecule has 5 heteroatoms. The number of benzene rings is 3. The van der Waals surface area contributed by atoms with Crippen LogP contribution in [0.4, 0.5) is 0 Å². The summed E-state index contributed by atoms with van der Waals surface area (Å²) in [5.41, 5.74) is 5.05. The standard InChI is InChI=1S/C26H20O4S/c1-14-29-21-12-19-22(26(21)30-14)15(13-31-16-7-3-2-4-8-16)11-20-23(19)25(28)18-10-6-5-9-17(18)24(20)27/h2-11,14,21,26H,12-13H2,1H3. The van der Waals surface area contributed by atoms with Crippen molar-refractivity contribution >= 4 is 23.3 Å². The highest BCUT2D eigenvalue weighted by Crippen LogP contribution is 2.48. The van der Waals surface area contributed by atoms with Crippen LogP contribution >= 0.6 is 11.8 Å². The Morgan fingerprint density at radius 3 is 2.39 bits per heavy atom. The minimum absolute atomic E-state index is 0.0725. The number of hydrogen-bond acceptors (Lipinski definition) is 5. The van der Waals surface area contributed by atoms with Crippen molar-refractivity contribution in [3.8, 4) is 0 Å². The summed E-state index contributed by atoms with van der Waals surface area (Å²) in [5.74, 6) is 0.548. The van der Waals surface area contributed by atoms with E-state index in [-0.39, 0.29) is 30.1 Å². The van der Waals surface area contributed by atoms with Crippen molar-refractivity contribution in [3.63, 3.8) is 0 Å². The molecule has 4 nitrogen and oxygen atoms in total. The summed E-state index contributed by atoms with van der Waals surface area (Å²) in [6.07, 6.45) is 0.0169. The quantitative estimate of drug-likeness (QED) is 0.424. The van der Waals surface area contributed by atoms with Gasteiger partial charge in [-0.15, -0.1) is 11.8 Å². The first-order valence-corrected chi connectivity index (χ1v) is 11.5. The molecule has 1 heterocycles. The lowest BCUT2D eigenvalue weighted by Crippen LogP contribution is -2.24. The fourth-order valence-corrected chi connectivity index (χ4v) is 5.94. The van der Waals surface area contributed by atoms with Crippen molar-refractivity contribution < 1.29 is 19.1 Å². The molecule has 3 atom stereocenters. The van der Waals surface area contributed by atoms with Gasteiger partial charge in [-0.2, -0.15) is 0 Å². The number of carbonyl (C=O) groups excluding carboxylic acids is 2. The van der Waals surface area contributed by atoms with Crippen LogP contribution in [0.5, 0.6) is 0 Å². The van der Waals surface area contributed by atoms with Crippen molar-refractivity contribution in [1.29, 1.82) is 0 Å². The third kappa shape index (κ3) is 2.92. The Hall–Kier alpha value is -2.73. The maximum Gasteiger partial charge on any atom is 0.194 e. The summed E-state index contributed by atoms with van der Waals surface area (Å²) in [7, 11) is 0. The van der Waals surface area contributed by atoms with Gasteiger partial charge >= 0.3 is 0 Å². The van der Waals surface area contributed by atoms with Crippen molar-refractivity contribution in [2.75, 3.05) is 0 Å². The molecule has 3 unspecified atom stereocenters. The number of fused-ring (bicyclic) bond motifs is 6. The molecule has 3 aromatic rings. The van der Waals surface area contributed by atoms with E-state index in [0.29, 0.717) is 34.4 Å². The molecule has 1 saturated heterocycles. The van der Waals surface area contributed by atoms with Gasteiger partial charge < -0.3 is 9.47 Å². The second-order valence-corrected chi connectivity index (χ2v) is 9.21. The van der Waals surface area contributed by atoms with E-state index in [1.165, 1.54) is 0 Å². The molecule has 31 heavy (non-hydrogen) atoms. The first-order chi connectivity index (χ1) is 15.1. The summed E-state index contributed by atoms with van der Waals surface area (Å²) < 4.78 is 12.1. The third-order valence-corrected chi connectivity index (χ3v) is 7.38. The topological polar surface area (TPSA) is 52.6 Å². The van der Waals surface area contributed by atoms with Crippen LogP contribution in [0.25, 0.3) is 0 Å². The zero-order valence-electron chi connectivity index (χ0n) is 17.0. The molecule has 154 valence electrons. The zero-order chi connectivity index (χ0) is 21.1. The van der Waals surface area contributed by atoms with Crippen molar-refractivity contribution in [3.05, 3.63) is 99.6 Å². The number of thioether (sulfide) groups is 1. The lowest BCUT2D eigenvalue weighted by molar-refractivity contribution is -0.0532. The number of ketones is 2. The molecule has 6 rings (SSSR count). The lowest BCUT2D eigenvalue weighted by Gasteiger charge is -2.23. The predicted molar refractivity (Wildman–Crippen MR) is 118 cm³/mol. The molecule has 2 aliphatic carbocycles. The monoisotopic (exact) mass is 428 g/mol. The summed E-state index contributed by atoms with van der Waals surface area (Å²) in [4.78, 5) is 28.0. The Kier molecular flexibility index (Phi) is 4.39. The molecule has 1 fully saturated rings. The molecule has 3 aliphatic rings. The predicted octanol–water partition coefficient (Wildman–Crippen LogP) is 5.11. The zero-order valence-corrected chi connectivity index (χ0v) is 17.8. The van der Waals surface area contributed by atoms with Gasteiger partial charge in [0, 0.05) is 39.3 Å². The summed E-state index contributed by atoms with van der Waals surface area (Å²) in [6, 6.07) is 19.2. The van der Waals surface area contributed by atoms with E-state index in [0.717, 1.165) is 21.6 Å². The fourth-order valence-electron chi connectivity index (χ4n) is 5.03. The normalized spacial score (nSPS) is 23.3. The highest BCUT2D eigenvalue weighted by molar-refractivity contribution is 7.98. The number of carbonyl (C=O) groups is 2. The van der Waals surface area contributed by atoms with Gasteiger partial charge in [-0.1, -0.05) is 42.5 Å². The fraction of sp³-hybridized carbons (Fsp3) is 0.231. The smallest absolute Gasteiger partial charge is 0.194 e. The van der Waals surface area contributed by atoms with Crippen molar-refractivity contribution in [2.24, 2.45) is 0 Å². The van der Waals surface area contributed by atoms with Crippen LogP contribution in [-0.2, 0) is 21.6 Å². The highest BCUT2D eigenvalue weighted by Gasteiger charge is 2.46. The van der Waals surface area contributed by atoms with Gasteiger partial charge in [0.25, 0.3) is 0 Å². The minimum atomic E-state index is -0.271. The summed E-state index contributed by atoms with van der Waals surface area (Å²) in [5, 5.41) is 0. The van der Waals surface area contributed by atoms with Gasteiger partial charge in [0.15, 0.2) is 17.9 Å². The SMILES string of the molecule is CC1OC2Cc3c4c(cc(CSc5ccccc5)c3C2O1)C(=O)c1ccccc1C4=O. The van der Waals surface area contributed by atoms with E-state index >= 15 is 0 Å². The third-order valence-electron chi connectivity index (χ3n) is 6.32.